The fourth-order valence-electron chi connectivity index (χ4n) is 3.76. The predicted molar refractivity (Wildman–Crippen MR) is 114 cm³/mol. The molecule has 4 N–H and O–H groups in total. The van der Waals surface area contributed by atoms with Gasteiger partial charge in [-0.15, -0.1) is 0 Å². The number of hydrogen-bond donors (Lipinski definition) is 3. The van der Waals surface area contributed by atoms with Crippen LogP contribution in [0.1, 0.15) is 57.1 Å². The zero-order valence-electron chi connectivity index (χ0n) is 16.7. The number of urea groups is 1. The quantitative estimate of drug-likeness (QED) is 0.541. The molecular weight excluding hydrogens is 352 g/mol. The highest BCUT2D eigenvalue weighted by atomic mass is 16.2. The van der Waals surface area contributed by atoms with Crippen LogP contribution in [0.3, 0.4) is 0 Å². The third kappa shape index (κ3) is 5.03. The lowest BCUT2D eigenvalue weighted by molar-refractivity contribution is 0.240. The number of para-hydroxylation sites is 1. The van der Waals surface area contributed by atoms with E-state index in [-0.39, 0.29) is 18.1 Å². The molecule has 152 valence electrons. The minimum atomic E-state index is -0.0912. The first-order valence-corrected chi connectivity index (χ1v) is 10.4. The minimum absolute atomic E-state index is 0.0653. The third-order valence-corrected chi connectivity index (χ3v) is 5.28. The lowest BCUT2D eigenvalue weighted by Crippen LogP contribution is -2.39. The van der Waals surface area contributed by atoms with Crippen LogP contribution in [-0.2, 0) is 0 Å². The second kappa shape index (κ2) is 10.1. The van der Waals surface area contributed by atoms with Crippen LogP contribution in [0.5, 0.6) is 0 Å². The summed E-state index contributed by atoms with van der Waals surface area (Å²) in [5.41, 5.74) is 8.25. The fourth-order valence-corrected chi connectivity index (χ4v) is 3.76. The Bertz CT molecular complexity index is 717. The highest BCUT2D eigenvalue weighted by molar-refractivity contribution is 5.94. The molecule has 1 aromatic rings. The molecule has 0 aliphatic carbocycles. The van der Waals surface area contributed by atoms with Crippen LogP contribution in [-0.4, -0.2) is 48.8 Å². The molecular formula is C21H32N6O. The molecule has 0 fully saturated rings. The summed E-state index contributed by atoms with van der Waals surface area (Å²) in [5, 5.41) is 5.85. The van der Waals surface area contributed by atoms with Crippen LogP contribution >= 0.6 is 0 Å². The van der Waals surface area contributed by atoms with Gasteiger partial charge in [-0.2, -0.15) is 0 Å². The number of fused-ring (bicyclic) bond motifs is 3. The molecule has 2 aliphatic heterocycles. The highest BCUT2D eigenvalue weighted by Crippen LogP contribution is 2.39. The van der Waals surface area contributed by atoms with Crippen molar-refractivity contribution in [3.63, 3.8) is 0 Å². The van der Waals surface area contributed by atoms with Crippen LogP contribution in [0.2, 0.25) is 0 Å². The van der Waals surface area contributed by atoms with Gasteiger partial charge in [-0.05, 0) is 25.3 Å². The van der Waals surface area contributed by atoms with E-state index in [4.69, 9.17) is 5.73 Å². The molecule has 2 unspecified atom stereocenters. The summed E-state index contributed by atoms with van der Waals surface area (Å²) in [4.78, 5) is 23.1. The van der Waals surface area contributed by atoms with Crippen molar-refractivity contribution >= 4 is 23.9 Å². The van der Waals surface area contributed by atoms with Gasteiger partial charge in [-0.1, -0.05) is 44.4 Å². The molecule has 2 heterocycles. The molecule has 2 atom stereocenters. The number of nitrogens with one attached hydrogen (secondary N) is 2. The number of amides is 2. The van der Waals surface area contributed by atoms with Crippen LogP contribution in [0.15, 0.2) is 34.3 Å². The van der Waals surface area contributed by atoms with Gasteiger partial charge in [0.05, 0.1) is 18.1 Å². The summed E-state index contributed by atoms with van der Waals surface area (Å²) in [6.45, 7) is 4.50. The van der Waals surface area contributed by atoms with Crippen molar-refractivity contribution in [3.05, 3.63) is 29.8 Å². The SMILES string of the molecule is CCCCCCNC(=O)NCCCCN1C=NC2C(N)=Nc3ccccc3C21. The molecule has 0 aromatic heterocycles. The van der Waals surface area contributed by atoms with E-state index in [2.05, 4.69) is 38.5 Å². The molecule has 28 heavy (non-hydrogen) atoms. The minimum Gasteiger partial charge on any atom is -0.385 e. The van der Waals surface area contributed by atoms with Crippen LogP contribution in [0.4, 0.5) is 10.5 Å². The molecule has 2 amide bonds. The summed E-state index contributed by atoms with van der Waals surface area (Å²) in [5.74, 6) is 0.583. The molecule has 2 aliphatic rings. The van der Waals surface area contributed by atoms with Gasteiger partial charge in [-0.25, -0.2) is 9.79 Å². The van der Waals surface area contributed by atoms with Crippen molar-refractivity contribution < 1.29 is 4.79 Å². The highest BCUT2D eigenvalue weighted by Gasteiger charge is 2.38. The molecule has 7 nitrogen and oxygen atoms in total. The van der Waals surface area contributed by atoms with Gasteiger partial charge in [0, 0.05) is 25.2 Å². The van der Waals surface area contributed by atoms with Crippen LogP contribution in [0.25, 0.3) is 0 Å². The molecule has 0 bridgehead atoms. The summed E-state index contributed by atoms with van der Waals surface area (Å²) >= 11 is 0. The molecule has 0 spiro atoms. The van der Waals surface area contributed by atoms with Crippen molar-refractivity contribution in [2.45, 2.75) is 57.5 Å². The van der Waals surface area contributed by atoms with Crippen LogP contribution in [0, 0.1) is 0 Å². The standard InChI is InChI=1S/C21H32N6O/c1-2-3-4-7-12-23-21(28)24-13-8-9-14-27-15-25-18-19(27)16-10-5-6-11-17(16)26-20(18)22/h5-6,10-11,15,18-19H,2-4,7-9,12-14H2,1H3,(H2,22,26)(H2,23,24,28). The summed E-state index contributed by atoms with van der Waals surface area (Å²) in [6, 6.07) is 8.10. The van der Waals surface area contributed by atoms with Gasteiger partial charge in [0.1, 0.15) is 11.9 Å². The Labute approximate surface area is 167 Å². The third-order valence-electron chi connectivity index (χ3n) is 5.28. The average Bonchev–Trinajstić information content (AvgIpc) is 3.13. The van der Waals surface area contributed by atoms with Gasteiger partial charge in [-0.3, -0.25) is 4.99 Å². The van der Waals surface area contributed by atoms with Gasteiger partial charge < -0.3 is 21.3 Å². The van der Waals surface area contributed by atoms with Crippen molar-refractivity contribution in [2.75, 3.05) is 19.6 Å². The number of carbonyl (C=O) groups excluding carboxylic acids is 1. The summed E-state index contributed by atoms with van der Waals surface area (Å²) in [7, 11) is 0. The fraction of sp³-hybridized carbons (Fsp3) is 0.571. The zero-order valence-corrected chi connectivity index (χ0v) is 16.7. The maximum atomic E-state index is 11.8. The van der Waals surface area contributed by atoms with E-state index in [0.717, 1.165) is 38.0 Å². The largest absolute Gasteiger partial charge is 0.385 e. The normalized spacial score (nSPS) is 19.8. The number of unbranched alkanes of at least 4 members (excludes halogenated alkanes) is 4. The van der Waals surface area contributed by atoms with E-state index in [1.54, 1.807) is 0 Å². The van der Waals surface area contributed by atoms with Crippen molar-refractivity contribution in [1.29, 1.82) is 0 Å². The van der Waals surface area contributed by atoms with Gasteiger partial charge in [0.15, 0.2) is 0 Å². The summed E-state index contributed by atoms with van der Waals surface area (Å²) < 4.78 is 0. The van der Waals surface area contributed by atoms with Gasteiger partial charge >= 0.3 is 6.03 Å². The molecule has 0 saturated carbocycles. The number of amidine groups is 1. The number of carbonyl (C=O) groups is 1. The Balaban J connectivity index is 1.37. The maximum absolute atomic E-state index is 11.8. The monoisotopic (exact) mass is 384 g/mol. The average molecular weight is 385 g/mol. The van der Waals surface area contributed by atoms with Gasteiger partial charge in [0.2, 0.25) is 0 Å². The topological polar surface area (TPSA) is 95.1 Å². The number of rotatable bonds is 10. The first kappa shape index (κ1) is 20.2. The molecule has 0 radical (unpaired) electrons. The molecule has 0 saturated heterocycles. The Kier molecular flexibility index (Phi) is 7.28. The van der Waals surface area contributed by atoms with E-state index in [1.165, 1.54) is 24.8 Å². The molecule has 3 rings (SSSR count). The van der Waals surface area contributed by atoms with Crippen LogP contribution < -0.4 is 16.4 Å². The Morgan fingerprint density at radius 1 is 1.11 bits per heavy atom. The van der Waals surface area contributed by atoms with E-state index in [9.17, 15) is 4.79 Å². The number of hydrogen-bond acceptors (Lipinski definition) is 5. The summed E-state index contributed by atoms with van der Waals surface area (Å²) in [6.07, 6.45) is 8.46. The second-order valence-electron chi connectivity index (χ2n) is 7.44. The molecule has 1 aromatic carbocycles. The molecule has 7 heteroatoms. The lowest BCUT2D eigenvalue weighted by atomic mass is 9.94. The van der Waals surface area contributed by atoms with Crippen molar-refractivity contribution in [1.82, 2.24) is 15.5 Å². The van der Waals surface area contributed by atoms with E-state index >= 15 is 0 Å². The van der Waals surface area contributed by atoms with Crippen molar-refractivity contribution in [2.24, 2.45) is 15.7 Å². The van der Waals surface area contributed by atoms with Gasteiger partial charge in [0.25, 0.3) is 0 Å². The number of nitrogens with two attached hydrogens (primary N) is 1. The number of nitrogens with zero attached hydrogens (tertiary/aromatic N) is 3. The van der Waals surface area contributed by atoms with E-state index in [1.807, 2.05) is 24.5 Å². The van der Waals surface area contributed by atoms with E-state index < -0.39 is 0 Å². The maximum Gasteiger partial charge on any atom is 0.314 e. The Morgan fingerprint density at radius 2 is 1.86 bits per heavy atom. The second-order valence-corrected chi connectivity index (χ2v) is 7.44. The smallest absolute Gasteiger partial charge is 0.314 e. The predicted octanol–water partition coefficient (Wildman–Crippen LogP) is 3.10. The Hall–Kier alpha value is -2.57. The van der Waals surface area contributed by atoms with E-state index in [0.29, 0.717) is 12.4 Å². The first-order chi connectivity index (χ1) is 13.7. The number of aliphatic imine (C=N–C) groups is 2. The van der Waals surface area contributed by atoms with Crippen molar-refractivity contribution in [3.8, 4) is 0 Å². The first-order valence-electron chi connectivity index (χ1n) is 10.4. The number of benzene rings is 1. The lowest BCUT2D eigenvalue weighted by Gasteiger charge is -2.31. The zero-order chi connectivity index (χ0) is 19.8. The Morgan fingerprint density at radius 3 is 2.64 bits per heavy atom.